The molecule has 5 N–H and O–H groups in total. The number of hydrogen-bond acceptors (Lipinski definition) is 3. The molecule has 0 aliphatic rings. The number of nitrogens with zero attached hydrogens (tertiary/aromatic N) is 2. The van der Waals surface area contributed by atoms with Crippen molar-refractivity contribution in [3.05, 3.63) is 29.3 Å². The fourth-order valence-corrected chi connectivity index (χ4v) is 1.69. The Bertz CT molecular complexity index is 561. The van der Waals surface area contributed by atoms with Gasteiger partial charge in [0.2, 0.25) is 11.9 Å². The summed E-state index contributed by atoms with van der Waals surface area (Å²) in [5.74, 6) is 1.05. The maximum Gasteiger partial charge on any atom is 0.221 e. The van der Waals surface area contributed by atoms with Gasteiger partial charge in [-0.25, -0.2) is 10.5 Å². The number of aliphatic imine (C=N–C) groups is 2. The van der Waals surface area contributed by atoms with Crippen molar-refractivity contribution >= 4 is 24.3 Å². The first-order chi connectivity index (χ1) is 10.9. The second kappa shape index (κ2) is 11.5. The lowest BCUT2D eigenvalue weighted by Gasteiger charge is -2.09. The first-order valence-electron chi connectivity index (χ1n) is 7.63. The summed E-state index contributed by atoms with van der Waals surface area (Å²) < 4.78 is 5.65. The van der Waals surface area contributed by atoms with E-state index in [9.17, 15) is 0 Å². The van der Waals surface area contributed by atoms with E-state index >= 15 is 0 Å². The van der Waals surface area contributed by atoms with Crippen molar-refractivity contribution in [3.8, 4) is 5.75 Å². The highest BCUT2D eigenvalue weighted by Gasteiger charge is 1.99. The first kappa shape index (κ1) is 22.0. The van der Waals surface area contributed by atoms with Gasteiger partial charge in [-0.1, -0.05) is 6.07 Å². The number of rotatable bonds is 7. The van der Waals surface area contributed by atoms with Crippen LogP contribution < -0.4 is 21.7 Å². The second-order valence-electron chi connectivity index (χ2n) is 5.48. The summed E-state index contributed by atoms with van der Waals surface area (Å²) in [5.41, 5.74) is 16.2. The van der Waals surface area contributed by atoms with Gasteiger partial charge in [0, 0.05) is 12.5 Å². The molecule has 0 amide bonds. The van der Waals surface area contributed by atoms with Crippen LogP contribution in [-0.2, 0) is 4.84 Å². The minimum Gasteiger partial charge on any atom is -0.493 e. The van der Waals surface area contributed by atoms with Crippen LogP contribution in [0.5, 0.6) is 5.75 Å². The number of nitrogens with one attached hydrogen (secondary N) is 1. The fourth-order valence-electron chi connectivity index (χ4n) is 1.69. The minimum absolute atomic E-state index is 0. The predicted molar refractivity (Wildman–Crippen MR) is 101 cm³/mol. The molecular formula is C16H28ClN5O2. The molecule has 136 valence electrons. The van der Waals surface area contributed by atoms with E-state index in [1.54, 1.807) is 0 Å². The summed E-state index contributed by atoms with van der Waals surface area (Å²) >= 11 is 0. The van der Waals surface area contributed by atoms with Crippen molar-refractivity contribution in [3.63, 3.8) is 0 Å². The van der Waals surface area contributed by atoms with Gasteiger partial charge in [0.25, 0.3) is 0 Å². The minimum atomic E-state index is 0. The Morgan fingerprint density at radius 1 is 1.17 bits per heavy atom. The van der Waals surface area contributed by atoms with E-state index < -0.39 is 0 Å². The number of benzene rings is 1. The van der Waals surface area contributed by atoms with E-state index in [0.717, 1.165) is 5.75 Å². The van der Waals surface area contributed by atoms with Crippen LogP contribution in [0.3, 0.4) is 0 Å². The molecule has 0 aliphatic carbocycles. The van der Waals surface area contributed by atoms with Gasteiger partial charge < -0.3 is 16.2 Å². The van der Waals surface area contributed by atoms with Crippen LogP contribution in [0, 0.1) is 13.8 Å². The molecule has 0 saturated heterocycles. The van der Waals surface area contributed by atoms with Crippen LogP contribution in [-0.4, -0.2) is 31.2 Å². The maximum absolute atomic E-state index is 5.65. The SMILES string of the molecule is Cc1ccc(OCCCONC(N)=NC(N)=NC(C)C)cc1C.Cl. The monoisotopic (exact) mass is 357 g/mol. The molecule has 0 aromatic heterocycles. The molecule has 0 bridgehead atoms. The molecule has 0 radical (unpaired) electrons. The topological polar surface area (TPSA) is 107 Å². The zero-order chi connectivity index (χ0) is 17.2. The number of hydroxylamine groups is 1. The van der Waals surface area contributed by atoms with Crippen molar-refractivity contribution in [2.45, 2.75) is 40.2 Å². The quantitative estimate of drug-likeness (QED) is 0.299. The maximum atomic E-state index is 5.65. The van der Waals surface area contributed by atoms with Crippen LogP contribution >= 0.6 is 12.4 Å². The highest BCUT2D eigenvalue weighted by atomic mass is 35.5. The number of guanidine groups is 2. The molecule has 0 saturated carbocycles. The van der Waals surface area contributed by atoms with Gasteiger partial charge in [0.05, 0.1) is 13.2 Å². The van der Waals surface area contributed by atoms with E-state index in [2.05, 4.69) is 29.3 Å². The van der Waals surface area contributed by atoms with Crippen LogP contribution in [0.1, 0.15) is 31.4 Å². The number of hydrogen-bond donors (Lipinski definition) is 3. The normalized spacial score (nSPS) is 12.0. The van der Waals surface area contributed by atoms with E-state index in [-0.39, 0.29) is 30.4 Å². The van der Waals surface area contributed by atoms with Crippen molar-refractivity contribution < 1.29 is 9.57 Å². The second-order valence-corrected chi connectivity index (χ2v) is 5.48. The van der Waals surface area contributed by atoms with Gasteiger partial charge in [-0.05, 0) is 51.0 Å². The van der Waals surface area contributed by atoms with Gasteiger partial charge in [-0.15, -0.1) is 12.4 Å². The zero-order valence-corrected chi connectivity index (χ0v) is 15.5. The van der Waals surface area contributed by atoms with Gasteiger partial charge >= 0.3 is 0 Å². The Morgan fingerprint density at radius 2 is 1.88 bits per heavy atom. The third-order valence-electron chi connectivity index (χ3n) is 2.94. The fraction of sp³-hybridized carbons (Fsp3) is 0.500. The van der Waals surface area contributed by atoms with Crippen molar-refractivity contribution in [2.75, 3.05) is 13.2 Å². The first-order valence-corrected chi connectivity index (χ1v) is 7.63. The Hall–Kier alpha value is -1.99. The van der Waals surface area contributed by atoms with Crippen molar-refractivity contribution in [1.29, 1.82) is 0 Å². The summed E-state index contributed by atoms with van der Waals surface area (Å²) in [6.45, 7) is 8.92. The highest BCUT2D eigenvalue weighted by molar-refractivity contribution is 5.92. The molecular weight excluding hydrogens is 330 g/mol. The standard InChI is InChI=1S/C16H27N5O2.ClH/c1-11(2)19-15(17)20-16(18)21-23-9-5-8-22-14-7-6-12(3)13(4)10-14;/h6-7,10-11H,5,8-9H2,1-4H3,(H5,17,18,19,20,21);1H. The van der Waals surface area contributed by atoms with Gasteiger partial charge in [0.15, 0.2) is 0 Å². The molecule has 0 fully saturated rings. The Morgan fingerprint density at radius 3 is 2.50 bits per heavy atom. The lowest BCUT2D eigenvalue weighted by molar-refractivity contribution is 0.0739. The predicted octanol–water partition coefficient (Wildman–Crippen LogP) is 2.05. The third-order valence-corrected chi connectivity index (χ3v) is 2.94. The molecule has 1 rings (SSSR count). The summed E-state index contributed by atoms with van der Waals surface area (Å²) in [4.78, 5) is 13.1. The lowest BCUT2D eigenvalue weighted by atomic mass is 10.1. The summed E-state index contributed by atoms with van der Waals surface area (Å²) in [6, 6.07) is 6.09. The molecule has 0 spiro atoms. The molecule has 8 heteroatoms. The Labute approximate surface area is 149 Å². The van der Waals surface area contributed by atoms with Crippen molar-refractivity contribution in [2.24, 2.45) is 21.5 Å². The van der Waals surface area contributed by atoms with Crippen LogP contribution in [0.2, 0.25) is 0 Å². The molecule has 7 nitrogen and oxygen atoms in total. The van der Waals surface area contributed by atoms with Crippen molar-refractivity contribution in [1.82, 2.24) is 5.48 Å². The lowest BCUT2D eigenvalue weighted by Crippen LogP contribution is -2.34. The van der Waals surface area contributed by atoms with Gasteiger partial charge in [-0.3, -0.25) is 4.84 Å². The van der Waals surface area contributed by atoms with Gasteiger partial charge in [-0.2, -0.15) is 4.99 Å². The molecule has 24 heavy (non-hydrogen) atoms. The van der Waals surface area contributed by atoms with Gasteiger partial charge in [0.1, 0.15) is 5.75 Å². The number of ether oxygens (including phenoxy) is 1. The molecule has 0 aliphatic heterocycles. The van der Waals surface area contributed by atoms with E-state index in [1.807, 2.05) is 32.0 Å². The van der Waals surface area contributed by atoms with Crippen LogP contribution in [0.15, 0.2) is 28.2 Å². The molecule has 0 heterocycles. The number of aryl methyl sites for hydroxylation is 2. The van der Waals surface area contributed by atoms with Crippen LogP contribution in [0.4, 0.5) is 0 Å². The zero-order valence-electron chi connectivity index (χ0n) is 14.7. The summed E-state index contributed by atoms with van der Waals surface area (Å²) in [5, 5.41) is 0. The van der Waals surface area contributed by atoms with E-state index in [4.69, 9.17) is 21.0 Å². The Kier molecular flexibility index (Phi) is 10.6. The largest absolute Gasteiger partial charge is 0.493 e. The average Bonchev–Trinajstić information content (AvgIpc) is 2.45. The molecule has 1 aromatic rings. The van der Waals surface area contributed by atoms with E-state index in [0.29, 0.717) is 19.6 Å². The number of nitrogens with two attached hydrogens (primary N) is 2. The third kappa shape index (κ3) is 9.22. The Balaban J connectivity index is 0.00000529. The summed E-state index contributed by atoms with van der Waals surface area (Å²) in [7, 11) is 0. The smallest absolute Gasteiger partial charge is 0.221 e. The van der Waals surface area contributed by atoms with E-state index in [1.165, 1.54) is 11.1 Å². The summed E-state index contributed by atoms with van der Waals surface area (Å²) in [6.07, 6.45) is 0.711. The van der Waals surface area contributed by atoms with Crippen LogP contribution in [0.25, 0.3) is 0 Å². The average molecular weight is 358 g/mol. The molecule has 0 atom stereocenters. The number of halogens is 1. The molecule has 0 unspecified atom stereocenters. The molecule has 1 aromatic carbocycles. The highest BCUT2D eigenvalue weighted by Crippen LogP contribution is 2.16.